The van der Waals surface area contributed by atoms with Crippen LogP contribution in [0.15, 0.2) is 4.52 Å². The lowest BCUT2D eigenvalue weighted by atomic mass is 9.93. The van der Waals surface area contributed by atoms with Crippen molar-refractivity contribution in [3.8, 4) is 0 Å². The minimum Gasteiger partial charge on any atom is -0.393 e. The van der Waals surface area contributed by atoms with Crippen molar-refractivity contribution in [3.05, 3.63) is 11.7 Å². The van der Waals surface area contributed by atoms with E-state index in [1.807, 2.05) is 13.8 Å². The highest BCUT2D eigenvalue weighted by molar-refractivity contribution is 5.03. The highest BCUT2D eigenvalue weighted by Gasteiger charge is 2.39. The smallest absolute Gasteiger partial charge is 0.229 e. The standard InChI is InChI=1S/C14H24N2O4/c1-3-5-11(17)10-12-15-13(16-20-12)14(19-4-2)6-8-18-9-7-14/h11,17H,3-10H2,1-2H3. The molecule has 1 unspecified atom stereocenters. The molecule has 20 heavy (non-hydrogen) atoms. The van der Waals surface area contributed by atoms with Crippen LogP contribution in [0.4, 0.5) is 0 Å². The summed E-state index contributed by atoms with van der Waals surface area (Å²) in [5, 5.41) is 13.9. The van der Waals surface area contributed by atoms with Gasteiger partial charge in [0, 0.05) is 32.7 Å². The van der Waals surface area contributed by atoms with Crippen LogP contribution in [0.5, 0.6) is 0 Å². The van der Waals surface area contributed by atoms with Gasteiger partial charge < -0.3 is 19.1 Å². The normalized spacial score (nSPS) is 19.9. The van der Waals surface area contributed by atoms with Crippen LogP contribution < -0.4 is 0 Å². The second-order valence-corrected chi connectivity index (χ2v) is 5.20. The first kappa shape index (κ1) is 15.4. The Morgan fingerprint density at radius 2 is 2.10 bits per heavy atom. The molecule has 0 saturated carbocycles. The fourth-order valence-electron chi connectivity index (χ4n) is 2.57. The molecule has 1 aliphatic heterocycles. The van der Waals surface area contributed by atoms with Crippen molar-refractivity contribution in [1.82, 2.24) is 10.1 Å². The summed E-state index contributed by atoms with van der Waals surface area (Å²) < 4.78 is 16.5. The van der Waals surface area contributed by atoms with Crippen molar-refractivity contribution in [2.45, 2.75) is 57.7 Å². The Kier molecular flexibility index (Phi) is 5.51. The summed E-state index contributed by atoms with van der Waals surface area (Å²) in [5.41, 5.74) is -0.496. The molecule has 114 valence electrons. The maximum absolute atomic E-state index is 9.81. The first-order valence-electron chi connectivity index (χ1n) is 7.43. The van der Waals surface area contributed by atoms with E-state index in [9.17, 15) is 5.11 Å². The number of hydrogen-bond acceptors (Lipinski definition) is 6. The lowest BCUT2D eigenvalue weighted by Crippen LogP contribution is -2.37. The Hall–Kier alpha value is -0.980. The van der Waals surface area contributed by atoms with Gasteiger partial charge in [0.25, 0.3) is 0 Å². The zero-order valence-electron chi connectivity index (χ0n) is 12.3. The van der Waals surface area contributed by atoms with Gasteiger partial charge in [-0.3, -0.25) is 0 Å². The van der Waals surface area contributed by atoms with Crippen LogP contribution >= 0.6 is 0 Å². The molecule has 2 rings (SSSR count). The van der Waals surface area contributed by atoms with Gasteiger partial charge in [-0.2, -0.15) is 4.98 Å². The average Bonchev–Trinajstić information content (AvgIpc) is 2.89. The van der Waals surface area contributed by atoms with E-state index in [2.05, 4.69) is 10.1 Å². The molecule has 1 N–H and O–H groups in total. The molecule has 1 aromatic heterocycles. The van der Waals surface area contributed by atoms with E-state index in [0.717, 1.165) is 25.7 Å². The number of aliphatic hydroxyl groups excluding tert-OH is 1. The first-order valence-corrected chi connectivity index (χ1v) is 7.43. The van der Waals surface area contributed by atoms with Gasteiger partial charge in [-0.15, -0.1) is 0 Å². The SMILES string of the molecule is CCCC(O)Cc1nc(C2(OCC)CCOCC2)no1. The molecule has 0 spiro atoms. The molecule has 0 aliphatic carbocycles. The van der Waals surface area contributed by atoms with Gasteiger partial charge in [-0.1, -0.05) is 18.5 Å². The molecule has 1 aromatic rings. The van der Waals surface area contributed by atoms with Gasteiger partial charge in [0.05, 0.1) is 12.5 Å². The number of aliphatic hydroxyl groups is 1. The van der Waals surface area contributed by atoms with E-state index in [1.54, 1.807) is 0 Å². The van der Waals surface area contributed by atoms with E-state index in [0.29, 0.717) is 38.0 Å². The molecular formula is C14H24N2O4. The van der Waals surface area contributed by atoms with Crippen molar-refractivity contribution in [2.24, 2.45) is 0 Å². The largest absolute Gasteiger partial charge is 0.393 e. The minimum atomic E-state index is -0.496. The summed E-state index contributed by atoms with van der Waals surface area (Å²) in [5.74, 6) is 1.06. The molecule has 6 nitrogen and oxygen atoms in total. The molecular weight excluding hydrogens is 260 g/mol. The van der Waals surface area contributed by atoms with Crippen molar-refractivity contribution in [2.75, 3.05) is 19.8 Å². The number of nitrogens with zero attached hydrogens (tertiary/aromatic N) is 2. The highest BCUT2D eigenvalue weighted by atomic mass is 16.5. The van der Waals surface area contributed by atoms with Gasteiger partial charge >= 0.3 is 0 Å². The second kappa shape index (κ2) is 7.15. The fourth-order valence-corrected chi connectivity index (χ4v) is 2.57. The number of hydrogen-bond donors (Lipinski definition) is 1. The maximum Gasteiger partial charge on any atom is 0.229 e. The van der Waals surface area contributed by atoms with Crippen molar-refractivity contribution in [3.63, 3.8) is 0 Å². The quantitative estimate of drug-likeness (QED) is 0.823. The third-order valence-electron chi connectivity index (χ3n) is 3.63. The summed E-state index contributed by atoms with van der Waals surface area (Å²) in [6.07, 6.45) is 3.12. The van der Waals surface area contributed by atoms with E-state index in [4.69, 9.17) is 14.0 Å². The van der Waals surface area contributed by atoms with Gasteiger partial charge in [-0.25, -0.2) is 0 Å². The van der Waals surface area contributed by atoms with Crippen LogP contribution in [-0.2, 0) is 21.5 Å². The lowest BCUT2D eigenvalue weighted by Gasteiger charge is -2.33. The Morgan fingerprint density at radius 1 is 1.35 bits per heavy atom. The second-order valence-electron chi connectivity index (χ2n) is 5.20. The van der Waals surface area contributed by atoms with Crippen molar-refractivity contribution in [1.29, 1.82) is 0 Å². The molecule has 2 heterocycles. The van der Waals surface area contributed by atoms with Crippen molar-refractivity contribution < 1.29 is 19.1 Å². The molecule has 1 saturated heterocycles. The van der Waals surface area contributed by atoms with Gasteiger partial charge in [0.1, 0.15) is 5.60 Å². The topological polar surface area (TPSA) is 77.6 Å². The van der Waals surface area contributed by atoms with Gasteiger partial charge in [-0.05, 0) is 13.3 Å². The van der Waals surface area contributed by atoms with Gasteiger partial charge in [0.15, 0.2) is 0 Å². The van der Waals surface area contributed by atoms with Crippen LogP contribution in [0.2, 0.25) is 0 Å². The van der Waals surface area contributed by atoms with Crippen LogP contribution in [0, 0.1) is 0 Å². The Bertz CT molecular complexity index is 396. The number of ether oxygens (including phenoxy) is 2. The van der Waals surface area contributed by atoms with E-state index < -0.39 is 11.7 Å². The average molecular weight is 284 g/mol. The lowest BCUT2D eigenvalue weighted by molar-refractivity contribution is -0.118. The van der Waals surface area contributed by atoms with E-state index >= 15 is 0 Å². The molecule has 1 aliphatic rings. The Morgan fingerprint density at radius 3 is 2.75 bits per heavy atom. The van der Waals surface area contributed by atoms with E-state index in [1.165, 1.54) is 0 Å². The molecule has 0 amide bonds. The Labute approximate surface area is 119 Å². The third-order valence-corrected chi connectivity index (χ3v) is 3.63. The Balaban J connectivity index is 2.08. The summed E-state index contributed by atoms with van der Waals surface area (Å²) in [6, 6.07) is 0. The van der Waals surface area contributed by atoms with Crippen LogP contribution in [0.25, 0.3) is 0 Å². The van der Waals surface area contributed by atoms with Gasteiger partial charge in [0.2, 0.25) is 11.7 Å². The summed E-state index contributed by atoms with van der Waals surface area (Å²) in [6.45, 7) is 5.88. The molecule has 0 bridgehead atoms. The first-order chi connectivity index (χ1) is 9.70. The summed E-state index contributed by atoms with van der Waals surface area (Å²) in [7, 11) is 0. The van der Waals surface area contributed by atoms with Crippen LogP contribution in [0.3, 0.4) is 0 Å². The van der Waals surface area contributed by atoms with Crippen LogP contribution in [0.1, 0.15) is 51.2 Å². The van der Waals surface area contributed by atoms with Crippen molar-refractivity contribution >= 4 is 0 Å². The highest BCUT2D eigenvalue weighted by Crippen LogP contribution is 2.34. The molecule has 0 radical (unpaired) electrons. The van der Waals surface area contributed by atoms with Crippen LogP contribution in [-0.4, -0.2) is 41.2 Å². The predicted molar refractivity (Wildman–Crippen MR) is 72.3 cm³/mol. The molecule has 1 fully saturated rings. The molecule has 6 heteroatoms. The zero-order chi connectivity index (χ0) is 14.4. The van der Waals surface area contributed by atoms with E-state index in [-0.39, 0.29) is 0 Å². The minimum absolute atomic E-state index is 0.402. The fraction of sp³-hybridized carbons (Fsp3) is 0.857. The third kappa shape index (κ3) is 3.56. The number of aromatic nitrogens is 2. The monoisotopic (exact) mass is 284 g/mol. The predicted octanol–water partition coefficient (Wildman–Crippen LogP) is 1.82. The number of rotatable bonds is 7. The molecule has 1 atom stereocenters. The summed E-state index contributed by atoms with van der Waals surface area (Å²) in [4.78, 5) is 4.43. The maximum atomic E-state index is 9.81. The molecule has 0 aromatic carbocycles. The summed E-state index contributed by atoms with van der Waals surface area (Å²) >= 11 is 0. The zero-order valence-corrected chi connectivity index (χ0v) is 12.3.